The van der Waals surface area contributed by atoms with E-state index in [4.69, 9.17) is 38.7 Å². The highest BCUT2D eigenvalue weighted by Crippen LogP contribution is 2.68. The molecule has 4 heterocycles. The van der Waals surface area contributed by atoms with Gasteiger partial charge >= 0.3 is 0 Å². The topological polar surface area (TPSA) is 104 Å². The molecule has 118 heavy (non-hydrogen) atoms. The molecule has 0 fully saturated rings. The number of nitrogens with zero attached hydrogens (tertiary/aromatic N) is 6. The third-order valence-electron chi connectivity index (χ3n) is 27.2. The molecule has 0 saturated carbocycles. The van der Waals surface area contributed by atoms with Crippen molar-refractivity contribution in [3.05, 3.63) is 406 Å². The van der Waals surface area contributed by atoms with Gasteiger partial charge in [-0.1, -0.05) is 325 Å². The van der Waals surface area contributed by atoms with Crippen LogP contribution in [0.3, 0.4) is 0 Å². The number of para-hydroxylation sites is 2. The van der Waals surface area contributed by atoms with Crippen molar-refractivity contribution in [2.24, 2.45) is 0 Å². The van der Waals surface area contributed by atoms with Crippen LogP contribution in [0.25, 0.3) is 190 Å². The highest BCUT2D eigenvalue weighted by Gasteiger charge is 2.57. The number of hydrogen-bond acceptors (Lipinski definition) is 8. The summed E-state index contributed by atoms with van der Waals surface area (Å²) in [6.45, 7) is 9.52. The second-order valence-corrected chi connectivity index (χ2v) is 33.7. The Morgan fingerprint density at radius 2 is 0.559 bits per heavy atom. The quantitative estimate of drug-likeness (QED) is 0.155. The van der Waals surface area contributed by atoms with Crippen molar-refractivity contribution in [3.8, 4) is 147 Å². The fraction of sp³-hybridized carbons (Fsp3) is 0.0727. The van der Waals surface area contributed by atoms with Crippen LogP contribution in [0.4, 0.5) is 0 Å². The Bertz CT molecular complexity index is 7830. The van der Waals surface area contributed by atoms with Gasteiger partial charge in [-0.15, -0.1) is 0 Å². The maximum Gasteiger partial charge on any atom is 0.164 e. The van der Waals surface area contributed by atoms with E-state index in [1.807, 2.05) is 0 Å². The van der Waals surface area contributed by atoms with Crippen molar-refractivity contribution >= 4 is 43.5 Å². The molecule has 8 nitrogen and oxygen atoms in total. The summed E-state index contributed by atoms with van der Waals surface area (Å²) in [5, 5.41) is 6.66. The number of aromatic nitrogens is 6. The van der Waals surface area contributed by atoms with E-state index >= 15 is 0 Å². The minimum absolute atomic E-state index is 0.410. The first kappa shape index (κ1) is 65.5. The lowest BCUT2D eigenvalue weighted by Gasteiger charge is -2.30. The van der Waals surface area contributed by atoms with E-state index < -0.39 is 21.7 Å². The standard InChI is InChI=1S/C110H68N6O2/c1-107(2)89-57-64(48-52-75(89)76-53-49-66(58-90(76)107)102-111-101(65-47-46-61-24-5-6-26-63(61)56-65)112-103(113-102)68-51-55-80-92(60-68)110(97-81-33-13-19-44-93(81)117-99(80)97)86-41-17-11-31-73(86)74-32-12-18-42-87(74)110)70-35-22-36-78-77-54-50-67(59-91(77)108(3,4)96(70)78)104-114-105(79-37-21-27-62-25-7-8-28-69(62)79)116-106(115-104)83-38-23-43-88-95(83)100-98(82-34-14-20-45-94(82)118-100)109(88)84-39-15-9-29-71(84)72-30-10-16-40-85(72)109/h5-60H,1-4H3. The summed E-state index contributed by atoms with van der Waals surface area (Å²) in [5.41, 5.74) is 33.9. The zero-order chi connectivity index (χ0) is 77.8. The molecule has 20 aromatic rings. The summed E-state index contributed by atoms with van der Waals surface area (Å²) >= 11 is 0. The van der Waals surface area contributed by atoms with Gasteiger partial charge in [0.2, 0.25) is 0 Å². The number of furan rings is 2. The van der Waals surface area contributed by atoms with Gasteiger partial charge in [-0.05, 0) is 175 Å². The summed E-state index contributed by atoms with van der Waals surface area (Å²) in [5.74, 6) is 5.33. The van der Waals surface area contributed by atoms with Crippen LogP contribution in [0.5, 0.6) is 0 Å². The lowest BCUT2D eigenvalue weighted by atomic mass is 9.70. The summed E-state index contributed by atoms with van der Waals surface area (Å²) in [6.07, 6.45) is 0. The predicted molar refractivity (Wildman–Crippen MR) is 474 cm³/mol. The van der Waals surface area contributed by atoms with Crippen LogP contribution in [0, 0.1) is 0 Å². The van der Waals surface area contributed by atoms with Crippen LogP contribution >= 0.6 is 0 Å². The lowest BCUT2D eigenvalue weighted by molar-refractivity contribution is 0.628. The van der Waals surface area contributed by atoms with E-state index in [1.54, 1.807) is 0 Å². The van der Waals surface area contributed by atoms with Crippen molar-refractivity contribution in [3.63, 3.8) is 0 Å². The molecule has 0 saturated heterocycles. The van der Waals surface area contributed by atoms with E-state index in [0.29, 0.717) is 34.9 Å². The molecule has 0 bridgehead atoms. The van der Waals surface area contributed by atoms with Crippen LogP contribution in [0.2, 0.25) is 0 Å². The van der Waals surface area contributed by atoms with Gasteiger partial charge in [0, 0.05) is 77.2 Å². The fourth-order valence-corrected chi connectivity index (χ4v) is 22.1. The van der Waals surface area contributed by atoms with Gasteiger partial charge in [-0.3, -0.25) is 0 Å². The van der Waals surface area contributed by atoms with E-state index in [2.05, 4.69) is 367 Å². The van der Waals surface area contributed by atoms with Crippen LogP contribution in [0.1, 0.15) is 94.5 Å². The third kappa shape index (κ3) is 8.56. The minimum atomic E-state index is -0.659. The first-order valence-corrected chi connectivity index (χ1v) is 40.8. The Balaban J connectivity index is 0.579. The molecule has 6 aliphatic carbocycles. The summed E-state index contributed by atoms with van der Waals surface area (Å²) in [6, 6.07) is 124. The molecule has 16 aromatic carbocycles. The zero-order valence-corrected chi connectivity index (χ0v) is 64.8. The van der Waals surface area contributed by atoms with Crippen molar-refractivity contribution in [1.29, 1.82) is 0 Å². The Hall–Kier alpha value is -14.9. The molecule has 8 heteroatoms. The second-order valence-electron chi connectivity index (χ2n) is 33.7. The van der Waals surface area contributed by atoms with Crippen LogP contribution in [0.15, 0.2) is 349 Å². The Morgan fingerprint density at radius 1 is 0.203 bits per heavy atom. The van der Waals surface area contributed by atoms with Crippen molar-refractivity contribution in [2.45, 2.75) is 49.4 Å². The molecule has 26 rings (SSSR count). The molecule has 0 unspecified atom stereocenters. The van der Waals surface area contributed by atoms with Crippen LogP contribution in [-0.4, -0.2) is 29.9 Å². The van der Waals surface area contributed by atoms with Crippen LogP contribution in [-0.2, 0) is 21.7 Å². The van der Waals surface area contributed by atoms with E-state index in [0.717, 1.165) is 116 Å². The Labute approximate surface area is 680 Å². The highest BCUT2D eigenvalue weighted by molar-refractivity contribution is 6.07. The number of benzene rings is 16. The molecule has 6 aliphatic rings. The second kappa shape index (κ2) is 23.4. The number of rotatable bonds is 7. The first-order valence-electron chi connectivity index (χ1n) is 40.8. The van der Waals surface area contributed by atoms with Gasteiger partial charge in [0.05, 0.1) is 10.8 Å². The smallest absolute Gasteiger partial charge is 0.164 e. The van der Waals surface area contributed by atoms with E-state index in [-0.39, 0.29) is 0 Å². The van der Waals surface area contributed by atoms with E-state index in [1.165, 1.54) is 106 Å². The maximum absolute atomic E-state index is 7.22. The number of hydrogen-bond donors (Lipinski definition) is 0. The molecule has 0 amide bonds. The monoisotopic (exact) mass is 1500 g/mol. The highest BCUT2D eigenvalue weighted by atomic mass is 16.3. The largest absolute Gasteiger partial charge is 0.456 e. The molecule has 4 aromatic heterocycles. The fourth-order valence-electron chi connectivity index (χ4n) is 22.1. The summed E-state index contributed by atoms with van der Waals surface area (Å²) in [7, 11) is 0. The number of fused-ring (bicyclic) bond motifs is 32. The molecular formula is C110H68N6O2. The van der Waals surface area contributed by atoms with Crippen molar-refractivity contribution < 1.29 is 8.83 Å². The minimum Gasteiger partial charge on any atom is -0.456 e. The molecule has 0 N–H and O–H groups in total. The summed E-state index contributed by atoms with van der Waals surface area (Å²) < 4.78 is 14.2. The van der Waals surface area contributed by atoms with Gasteiger partial charge in [0.15, 0.2) is 34.9 Å². The van der Waals surface area contributed by atoms with Gasteiger partial charge in [0.25, 0.3) is 0 Å². The molecule has 550 valence electrons. The van der Waals surface area contributed by atoms with Gasteiger partial charge in [-0.25, -0.2) is 29.9 Å². The molecule has 0 radical (unpaired) electrons. The van der Waals surface area contributed by atoms with E-state index in [9.17, 15) is 0 Å². The van der Waals surface area contributed by atoms with Gasteiger partial charge in [0.1, 0.15) is 22.7 Å². The molecule has 2 spiro atoms. The first-order chi connectivity index (χ1) is 58.0. The zero-order valence-electron chi connectivity index (χ0n) is 64.8. The predicted octanol–water partition coefficient (Wildman–Crippen LogP) is 26.8. The normalized spacial score (nSPS) is 14.7. The van der Waals surface area contributed by atoms with Crippen LogP contribution < -0.4 is 0 Å². The van der Waals surface area contributed by atoms with Gasteiger partial charge in [-0.2, -0.15) is 0 Å². The van der Waals surface area contributed by atoms with Crippen molar-refractivity contribution in [1.82, 2.24) is 29.9 Å². The Morgan fingerprint density at radius 3 is 1.17 bits per heavy atom. The SMILES string of the molecule is CC1(C)c2cc(-c3nc(-c4ccc5c(c4)C4(c6ccccc6-c6ccccc64)c4c-5oc5ccccc45)nc(-c4ccc5ccccc5c4)n3)ccc2-c2ccc(-c3cccc4c3C(C)(C)c3cc(-c5nc(-c6cccc7c6-c6oc8ccccc8c6C76c7ccccc7-c7ccccc76)nc(-c6cccc7ccccc67)n5)ccc3-4)cc21. The molecular weight excluding hydrogens is 1440 g/mol. The average molecular weight is 1510 g/mol. The molecule has 0 aliphatic heterocycles. The summed E-state index contributed by atoms with van der Waals surface area (Å²) in [4.78, 5) is 33.3. The maximum atomic E-state index is 7.22. The van der Waals surface area contributed by atoms with Gasteiger partial charge < -0.3 is 8.83 Å². The molecule has 0 atom stereocenters. The third-order valence-corrected chi connectivity index (χ3v) is 27.2. The average Bonchev–Trinajstić information content (AvgIpc) is 1.49. The Kier molecular flexibility index (Phi) is 13.0. The van der Waals surface area contributed by atoms with Crippen molar-refractivity contribution in [2.75, 3.05) is 0 Å². The lowest BCUT2D eigenvalue weighted by Crippen LogP contribution is -2.25.